The maximum Gasteiger partial charge on any atom is 0.296 e. The van der Waals surface area contributed by atoms with Crippen LogP contribution in [0.3, 0.4) is 0 Å². The molecule has 1 aromatic carbocycles. The number of nitro groups is 1. The van der Waals surface area contributed by atoms with E-state index < -0.39 is 4.92 Å². The van der Waals surface area contributed by atoms with Gasteiger partial charge in [0.05, 0.1) is 23.9 Å². The van der Waals surface area contributed by atoms with Crippen LogP contribution in [0.4, 0.5) is 16.5 Å². The molecule has 0 atom stereocenters. The smallest absolute Gasteiger partial charge is 0.296 e. The second-order valence-electron chi connectivity index (χ2n) is 5.27. The number of carbonyl (C=O) groups is 1. The van der Waals surface area contributed by atoms with E-state index in [1.165, 1.54) is 42.3 Å². The van der Waals surface area contributed by atoms with Crippen LogP contribution in [0.5, 0.6) is 5.75 Å². The molecule has 1 aromatic heterocycles. The number of hydrogen-bond donors (Lipinski definition) is 2. The first kappa shape index (κ1) is 17.4. The summed E-state index contributed by atoms with van der Waals surface area (Å²) in [4.78, 5) is 22.6. The molecule has 0 aliphatic heterocycles. The molecule has 1 heterocycles. The molecular formula is C14H15N5O4S2. The number of thioether (sulfide) groups is 1. The lowest BCUT2D eigenvalue weighted by Crippen LogP contribution is -2.15. The Bertz CT molecular complexity index is 793. The van der Waals surface area contributed by atoms with Crippen molar-refractivity contribution in [2.24, 2.45) is 0 Å². The van der Waals surface area contributed by atoms with Crippen LogP contribution in [0.2, 0.25) is 0 Å². The van der Waals surface area contributed by atoms with Gasteiger partial charge >= 0.3 is 0 Å². The van der Waals surface area contributed by atoms with Gasteiger partial charge in [0.25, 0.3) is 5.69 Å². The fraction of sp³-hybridized carbons (Fsp3) is 0.357. The van der Waals surface area contributed by atoms with Crippen molar-refractivity contribution < 1.29 is 14.5 Å². The summed E-state index contributed by atoms with van der Waals surface area (Å²) in [5.74, 6) is 0.0788. The Morgan fingerprint density at radius 3 is 2.96 bits per heavy atom. The first-order chi connectivity index (χ1) is 12.0. The van der Waals surface area contributed by atoms with Gasteiger partial charge in [-0.15, -0.1) is 10.2 Å². The molecule has 1 aliphatic rings. The third-order valence-electron chi connectivity index (χ3n) is 3.31. The molecule has 9 nitrogen and oxygen atoms in total. The number of carbonyl (C=O) groups excluding carboxylic acids is 1. The average molecular weight is 381 g/mol. The molecule has 1 fully saturated rings. The van der Waals surface area contributed by atoms with Gasteiger partial charge in [-0.3, -0.25) is 14.9 Å². The summed E-state index contributed by atoms with van der Waals surface area (Å²) in [7, 11) is 1.42. The molecule has 0 saturated heterocycles. The van der Waals surface area contributed by atoms with Crippen LogP contribution < -0.4 is 15.4 Å². The monoisotopic (exact) mass is 381 g/mol. The summed E-state index contributed by atoms with van der Waals surface area (Å²) in [5.41, 5.74) is -0.0886. The maximum atomic E-state index is 12.1. The first-order valence-electron chi connectivity index (χ1n) is 7.40. The van der Waals surface area contributed by atoms with Crippen molar-refractivity contribution in [2.45, 2.75) is 23.2 Å². The molecule has 0 radical (unpaired) electrons. The number of rotatable bonds is 8. The normalized spacial score (nSPS) is 13.3. The second kappa shape index (κ2) is 7.66. The molecule has 2 N–H and O–H groups in total. The summed E-state index contributed by atoms with van der Waals surface area (Å²) in [6.45, 7) is 0. The summed E-state index contributed by atoms with van der Waals surface area (Å²) in [6.07, 6.45) is 2.29. The van der Waals surface area contributed by atoms with Crippen molar-refractivity contribution in [1.82, 2.24) is 10.2 Å². The number of nitro benzene ring substituents is 1. The van der Waals surface area contributed by atoms with Gasteiger partial charge in [0, 0.05) is 6.04 Å². The third kappa shape index (κ3) is 4.79. The number of methoxy groups -OCH3 is 1. The van der Waals surface area contributed by atoms with Gasteiger partial charge in [-0.25, -0.2) is 0 Å². The van der Waals surface area contributed by atoms with E-state index in [0.29, 0.717) is 16.1 Å². The Labute approximate surface area is 151 Å². The fourth-order valence-electron chi connectivity index (χ4n) is 1.94. The van der Waals surface area contributed by atoms with E-state index in [1.54, 1.807) is 6.07 Å². The molecule has 0 bridgehead atoms. The van der Waals surface area contributed by atoms with E-state index in [0.717, 1.165) is 18.0 Å². The minimum Gasteiger partial charge on any atom is -0.496 e. The Balaban J connectivity index is 1.56. The van der Waals surface area contributed by atoms with Crippen molar-refractivity contribution >= 4 is 45.5 Å². The SMILES string of the molecule is COc1ccc(NC(=O)CSc2nnc(NC3CC3)s2)c([N+](=O)[O-])c1. The van der Waals surface area contributed by atoms with Gasteiger partial charge < -0.3 is 15.4 Å². The van der Waals surface area contributed by atoms with E-state index in [1.807, 2.05) is 0 Å². The van der Waals surface area contributed by atoms with Crippen LogP contribution in [0.25, 0.3) is 0 Å². The number of amides is 1. The Morgan fingerprint density at radius 2 is 2.28 bits per heavy atom. The predicted octanol–water partition coefficient (Wildman–Crippen LogP) is 2.76. The number of benzene rings is 1. The lowest BCUT2D eigenvalue weighted by molar-refractivity contribution is -0.384. The minimum atomic E-state index is -0.564. The number of aromatic nitrogens is 2. The van der Waals surface area contributed by atoms with Gasteiger partial charge in [-0.1, -0.05) is 23.1 Å². The molecule has 2 aromatic rings. The molecule has 3 rings (SSSR count). The highest BCUT2D eigenvalue weighted by Gasteiger charge is 2.22. The standard InChI is InChI=1S/C14H15N5O4S2/c1-23-9-4-5-10(11(6-9)19(21)22)16-12(20)7-24-14-18-17-13(25-14)15-8-2-3-8/h4-6,8H,2-3,7H2,1H3,(H,15,17)(H,16,20). The summed E-state index contributed by atoms with van der Waals surface area (Å²) >= 11 is 2.62. The van der Waals surface area contributed by atoms with Gasteiger partial charge in [-0.05, 0) is 25.0 Å². The van der Waals surface area contributed by atoms with Crippen LogP contribution in [0.1, 0.15) is 12.8 Å². The fourth-order valence-corrected chi connectivity index (χ4v) is 3.57. The van der Waals surface area contributed by atoms with E-state index in [4.69, 9.17) is 4.74 Å². The van der Waals surface area contributed by atoms with E-state index >= 15 is 0 Å². The number of ether oxygens (including phenoxy) is 1. The lowest BCUT2D eigenvalue weighted by atomic mass is 10.2. The first-order valence-corrected chi connectivity index (χ1v) is 9.20. The zero-order valence-corrected chi connectivity index (χ0v) is 14.9. The van der Waals surface area contributed by atoms with E-state index in [9.17, 15) is 14.9 Å². The summed E-state index contributed by atoms with van der Waals surface area (Å²) < 4.78 is 5.63. The van der Waals surface area contributed by atoms with E-state index in [2.05, 4.69) is 20.8 Å². The van der Waals surface area contributed by atoms with Crippen molar-refractivity contribution in [1.29, 1.82) is 0 Å². The zero-order valence-electron chi connectivity index (χ0n) is 13.2. The highest BCUT2D eigenvalue weighted by Crippen LogP contribution is 2.31. The number of hydrogen-bond acceptors (Lipinski definition) is 9. The predicted molar refractivity (Wildman–Crippen MR) is 95.6 cm³/mol. The van der Waals surface area contributed by atoms with Crippen LogP contribution in [0, 0.1) is 10.1 Å². The highest BCUT2D eigenvalue weighted by molar-refractivity contribution is 8.01. The highest BCUT2D eigenvalue weighted by atomic mass is 32.2. The van der Waals surface area contributed by atoms with Crippen molar-refractivity contribution in [3.63, 3.8) is 0 Å². The molecular weight excluding hydrogens is 366 g/mol. The summed E-state index contributed by atoms with van der Waals surface area (Å²) in [5, 5.41) is 25.7. The lowest BCUT2D eigenvalue weighted by Gasteiger charge is -2.06. The zero-order chi connectivity index (χ0) is 17.8. The largest absolute Gasteiger partial charge is 0.496 e. The molecule has 0 unspecified atom stereocenters. The molecule has 132 valence electrons. The van der Waals surface area contributed by atoms with Gasteiger partial charge in [0.2, 0.25) is 11.0 Å². The maximum absolute atomic E-state index is 12.1. The number of anilines is 2. The van der Waals surface area contributed by atoms with Gasteiger partial charge in [-0.2, -0.15) is 0 Å². The van der Waals surface area contributed by atoms with Crippen LogP contribution in [-0.4, -0.2) is 39.9 Å². The van der Waals surface area contributed by atoms with Crippen molar-refractivity contribution in [3.8, 4) is 5.75 Å². The van der Waals surface area contributed by atoms with Crippen molar-refractivity contribution in [2.75, 3.05) is 23.5 Å². The molecule has 25 heavy (non-hydrogen) atoms. The molecule has 1 aliphatic carbocycles. The van der Waals surface area contributed by atoms with Gasteiger partial charge in [0.15, 0.2) is 4.34 Å². The number of nitrogens with zero attached hydrogens (tertiary/aromatic N) is 3. The second-order valence-corrected chi connectivity index (χ2v) is 7.47. The quantitative estimate of drug-likeness (QED) is 0.407. The third-order valence-corrected chi connectivity index (χ3v) is 5.30. The van der Waals surface area contributed by atoms with E-state index in [-0.39, 0.29) is 23.0 Å². The Morgan fingerprint density at radius 1 is 1.48 bits per heavy atom. The number of nitrogens with one attached hydrogen (secondary N) is 2. The Kier molecular flexibility index (Phi) is 5.34. The van der Waals surface area contributed by atoms with Crippen LogP contribution in [0.15, 0.2) is 22.5 Å². The topological polar surface area (TPSA) is 119 Å². The van der Waals surface area contributed by atoms with Gasteiger partial charge in [0.1, 0.15) is 11.4 Å². The Hall–Kier alpha value is -2.40. The van der Waals surface area contributed by atoms with Crippen LogP contribution >= 0.6 is 23.1 Å². The molecule has 1 saturated carbocycles. The van der Waals surface area contributed by atoms with Crippen LogP contribution in [-0.2, 0) is 4.79 Å². The average Bonchev–Trinajstić information content (AvgIpc) is 3.29. The molecule has 1 amide bonds. The molecule has 11 heteroatoms. The van der Waals surface area contributed by atoms with Crippen molar-refractivity contribution in [3.05, 3.63) is 28.3 Å². The minimum absolute atomic E-state index is 0.0846. The summed E-state index contributed by atoms with van der Waals surface area (Å²) in [6, 6.07) is 4.76. The molecule has 0 spiro atoms.